The first-order valence-corrected chi connectivity index (χ1v) is 9.64. The van der Waals surface area contributed by atoms with Crippen molar-refractivity contribution >= 4 is 27.9 Å². The van der Waals surface area contributed by atoms with E-state index in [-0.39, 0.29) is 5.91 Å². The minimum Gasteiger partial charge on any atom is -0.497 e. The Morgan fingerprint density at radius 3 is 2.41 bits per heavy atom. The smallest absolute Gasteiger partial charge is 0.255 e. The SMILES string of the molecule is COc1cc(OC)cc(C(=O)Nc2cc(-c3nn4c(C)nnc4s3)ccc2C)c1. The number of aryl methyl sites for hydroxylation is 2. The Bertz CT molecular complexity index is 1190. The quantitative estimate of drug-likeness (QED) is 0.540. The third kappa shape index (κ3) is 3.64. The van der Waals surface area contributed by atoms with E-state index in [0.717, 1.165) is 26.9 Å². The second-order valence-corrected chi connectivity index (χ2v) is 7.39. The lowest BCUT2D eigenvalue weighted by molar-refractivity contribution is 0.102. The van der Waals surface area contributed by atoms with Crippen LogP contribution in [0.2, 0.25) is 0 Å². The van der Waals surface area contributed by atoms with Gasteiger partial charge >= 0.3 is 0 Å². The van der Waals surface area contributed by atoms with Crippen LogP contribution in [-0.2, 0) is 0 Å². The number of nitrogens with one attached hydrogen (secondary N) is 1. The molecule has 9 heteroatoms. The number of benzene rings is 2. The van der Waals surface area contributed by atoms with Crippen molar-refractivity contribution in [1.82, 2.24) is 19.8 Å². The lowest BCUT2D eigenvalue weighted by Crippen LogP contribution is -2.13. The molecular formula is C20H19N5O3S. The topological polar surface area (TPSA) is 90.6 Å². The summed E-state index contributed by atoms with van der Waals surface area (Å²) in [5.41, 5.74) is 2.98. The Labute approximate surface area is 171 Å². The van der Waals surface area contributed by atoms with Gasteiger partial charge in [-0.05, 0) is 37.6 Å². The molecule has 1 N–H and O–H groups in total. The molecule has 0 bridgehead atoms. The van der Waals surface area contributed by atoms with E-state index in [1.165, 1.54) is 11.3 Å². The van der Waals surface area contributed by atoms with Crippen LogP contribution >= 0.6 is 11.3 Å². The first kappa shape index (κ1) is 18.9. The molecular weight excluding hydrogens is 390 g/mol. The zero-order valence-electron chi connectivity index (χ0n) is 16.4. The maximum Gasteiger partial charge on any atom is 0.255 e. The number of carbonyl (C=O) groups excluding carboxylic acids is 1. The zero-order chi connectivity index (χ0) is 20.5. The van der Waals surface area contributed by atoms with Crippen molar-refractivity contribution in [2.45, 2.75) is 13.8 Å². The molecule has 2 heterocycles. The summed E-state index contributed by atoms with van der Waals surface area (Å²) in [6.07, 6.45) is 0. The average Bonchev–Trinajstić information content (AvgIpc) is 3.31. The summed E-state index contributed by atoms with van der Waals surface area (Å²) in [6.45, 7) is 3.79. The summed E-state index contributed by atoms with van der Waals surface area (Å²) in [5, 5.41) is 16.4. The number of carbonyl (C=O) groups is 1. The highest BCUT2D eigenvalue weighted by Gasteiger charge is 2.14. The Morgan fingerprint density at radius 1 is 1.03 bits per heavy atom. The van der Waals surface area contributed by atoms with Crippen molar-refractivity contribution in [3.8, 4) is 22.1 Å². The molecule has 0 saturated heterocycles. The Morgan fingerprint density at radius 2 is 1.76 bits per heavy atom. The Hall–Kier alpha value is -3.46. The molecule has 148 valence electrons. The highest BCUT2D eigenvalue weighted by atomic mass is 32.1. The number of fused-ring (bicyclic) bond motifs is 1. The van der Waals surface area contributed by atoms with E-state index in [0.29, 0.717) is 22.7 Å². The van der Waals surface area contributed by atoms with Crippen LogP contribution in [0.3, 0.4) is 0 Å². The van der Waals surface area contributed by atoms with E-state index < -0.39 is 0 Å². The van der Waals surface area contributed by atoms with Gasteiger partial charge in [-0.15, -0.1) is 10.2 Å². The molecule has 2 aromatic carbocycles. The number of amides is 1. The van der Waals surface area contributed by atoms with Gasteiger partial charge < -0.3 is 14.8 Å². The van der Waals surface area contributed by atoms with Gasteiger partial charge in [0.25, 0.3) is 5.91 Å². The van der Waals surface area contributed by atoms with Gasteiger partial charge in [0.2, 0.25) is 4.96 Å². The van der Waals surface area contributed by atoms with Crippen molar-refractivity contribution in [3.63, 3.8) is 0 Å². The molecule has 0 radical (unpaired) electrons. The third-order valence-electron chi connectivity index (χ3n) is 4.49. The van der Waals surface area contributed by atoms with Crippen molar-refractivity contribution in [3.05, 3.63) is 53.3 Å². The van der Waals surface area contributed by atoms with Gasteiger partial charge in [0, 0.05) is 22.9 Å². The normalized spacial score (nSPS) is 10.9. The first-order valence-electron chi connectivity index (χ1n) is 8.83. The van der Waals surface area contributed by atoms with Gasteiger partial charge in [0.15, 0.2) is 5.82 Å². The molecule has 0 saturated carbocycles. The van der Waals surface area contributed by atoms with Crippen molar-refractivity contribution in [2.75, 3.05) is 19.5 Å². The number of rotatable bonds is 5. The molecule has 4 rings (SSSR count). The molecule has 0 spiro atoms. The Balaban J connectivity index is 1.65. The number of aromatic nitrogens is 4. The fourth-order valence-electron chi connectivity index (χ4n) is 2.85. The molecule has 0 aliphatic heterocycles. The largest absolute Gasteiger partial charge is 0.497 e. The number of anilines is 1. The third-order valence-corrected chi connectivity index (χ3v) is 5.44. The second kappa shape index (κ2) is 7.51. The second-order valence-electron chi connectivity index (χ2n) is 6.43. The van der Waals surface area contributed by atoms with Crippen molar-refractivity contribution < 1.29 is 14.3 Å². The molecule has 0 fully saturated rings. The van der Waals surface area contributed by atoms with E-state index in [2.05, 4.69) is 20.6 Å². The molecule has 0 atom stereocenters. The standard InChI is InChI=1S/C20H19N5O3S/c1-11-5-6-13(19-24-25-12(2)22-23-20(25)29-19)9-17(11)21-18(26)14-7-15(27-3)10-16(8-14)28-4/h5-10H,1-4H3,(H,21,26). The highest BCUT2D eigenvalue weighted by Crippen LogP contribution is 2.30. The molecule has 2 aromatic heterocycles. The molecule has 0 aliphatic rings. The van der Waals surface area contributed by atoms with Gasteiger partial charge in [-0.1, -0.05) is 23.5 Å². The summed E-state index contributed by atoms with van der Waals surface area (Å²) >= 11 is 1.44. The summed E-state index contributed by atoms with van der Waals surface area (Å²) < 4.78 is 12.2. The maximum atomic E-state index is 12.8. The van der Waals surface area contributed by atoms with Crippen LogP contribution in [0.25, 0.3) is 15.5 Å². The zero-order valence-corrected chi connectivity index (χ0v) is 17.2. The number of hydrogen-bond acceptors (Lipinski definition) is 7. The fraction of sp³-hybridized carbons (Fsp3) is 0.200. The van der Waals surface area contributed by atoms with Gasteiger partial charge in [-0.25, -0.2) is 0 Å². The van der Waals surface area contributed by atoms with Gasteiger partial charge in [-0.2, -0.15) is 9.61 Å². The number of ether oxygens (including phenoxy) is 2. The Kier molecular flexibility index (Phi) is 4.89. The van der Waals surface area contributed by atoms with E-state index in [1.807, 2.05) is 32.0 Å². The van der Waals surface area contributed by atoms with E-state index >= 15 is 0 Å². The average molecular weight is 409 g/mol. The molecule has 8 nitrogen and oxygen atoms in total. The minimum atomic E-state index is -0.253. The number of methoxy groups -OCH3 is 2. The highest BCUT2D eigenvalue weighted by molar-refractivity contribution is 7.19. The van der Waals surface area contributed by atoms with Crippen LogP contribution in [0.4, 0.5) is 5.69 Å². The van der Waals surface area contributed by atoms with E-state index in [4.69, 9.17) is 9.47 Å². The van der Waals surface area contributed by atoms with E-state index in [1.54, 1.807) is 36.9 Å². The first-order chi connectivity index (χ1) is 14.0. The molecule has 0 aliphatic carbocycles. The van der Waals surface area contributed by atoms with Crippen molar-refractivity contribution in [2.24, 2.45) is 0 Å². The summed E-state index contributed by atoms with van der Waals surface area (Å²) in [5.74, 6) is 1.58. The van der Waals surface area contributed by atoms with E-state index in [9.17, 15) is 4.79 Å². The van der Waals surface area contributed by atoms with Crippen LogP contribution in [-0.4, -0.2) is 39.9 Å². The summed E-state index contributed by atoms with van der Waals surface area (Å²) in [7, 11) is 3.10. The van der Waals surface area contributed by atoms with Crippen LogP contribution in [0.1, 0.15) is 21.7 Å². The van der Waals surface area contributed by atoms with Crippen LogP contribution < -0.4 is 14.8 Å². The summed E-state index contributed by atoms with van der Waals surface area (Å²) in [4.78, 5) is 13.6. The summed E-state index contributed by atoms with van der Waals surface area (Å²) in [6, 6.07) is 10.9. The van der Waals surface area contributed by atoms with Gasteiger partial charge in [0.1, 0.15) is 16.5 Å². The van der Waals surface area contributed by atoms with Crippen LogP contribution in [0, 0.1) is 13.8 Å². The molecule has 4 aromatic rings. The predicted octanol–water partition coefficient (Wildman–Crippen LogP) is 3.74. The monoisotopic (exact) mass is 409 g/mol. The molecule has 0 unspecified atom stereocenters. The number of nitrogens with zero attached hydrogens (tertiary/aromatic N) is 4. The molecule has 29 heavy (non-hydrogen) atoms. The maximum absolute atomic E-state index is 12.8. The van der Waals surface area contributed by atoms with Gasteiger partial charge in [0.05, 0.1) is 14.2 Å². The fourth-order valence-corrected chi connectivity index (χ4v) is 3.74. The van der Waals surface area contributed by atoms with Crippen LogP contribution in [0.5, 0.6) is 11.5 Å². The van der Waals surface area contributed by atoms with Gasteiger partial charge in [-0.3, -0.25) is 4.79 Å². The minimum absolute atomic E-state index is 0.253. The van der Waals surface area contributed by atoms with Crippen molar-refractivity contribution in [1.29, 1.82) is 0 Å². The number of hydrogen-bond donors (Lipinski definition) is 1. The molecule has 1 amide bonds. The predicted molar refractivity (Wildman–Crippen MR) is 111 cm³/mol. The van der Waals surface area contributed by atoms with Crippen LogP contribution in [0.15, 0.2) is 36.4 Å². The lowest BCUT2D eigenvalue weighted by Gasteiger charge is -2.12. The lowest BCUT2D eigenvalue weighted by atomic mass is 10.1.